The van der Waals surface area contributed by atoms with Gasteiger partial charge < -0.3 is 5.73 Å². The van der Waals surface area contributed by atoms with Gasteiger partial charge in [0.25, 0.3) is 0 Å². The van der Waals surface area contributed by atoms with E-state index in [9.17, 15) is 8.60 Å². The molecule has 0 aromatic heterocycles. The molecule has 1 atom stereocenters. The van der Waals surface area contributed by atoms with Gasteiger partial charge in [-0.05, 0) is 17.2 Å². The van der Waals surface area contributed by atoms with Gasteiger partial charge in [0.2, 0.25) is 0 Å². The molecular weight excluding hydrogens is 261 g/mol. The zero-order valence-corrected chi connectivity index (χ0v) is 11.3. The number of hydrogen-bond acceptors (Lipinski definition) is 2. The van der Waals surface area contributed by atoms with Gasteiger partial charge >= 0.3 is 0 Å². The fourth-order valence-electron chi connectivity index (χ4n) is 1.87. The lowest BCUT2D eigenvalue weighted by atomic mass is 10.1. The Morgan fingerprint density at radius 1 is 1.00 bits per heavy atom. The van der Waals surface area contributed by atoms with Gasteiger partial charge in [-0.25, -0.2) is 4.39 Å². The van der Waals surface area contributed by atoms with Crippen molar-refractivity contribution in [3.63, 3.8) is 0 Å². The van der Waals surface area contributed by atoms with E-state index in [1.807, 2.05) is 30.3 Å². The van der Waals surface area contributed by atoms with Crippen molar-refractivity contribution >= 4 is 10.8 Å². The van der Waals surface area contributed by atoms with Crippen LogP contribution >= 0.6 is 0 Å². The first kappa shape index (κ1) is 13.9. The van der Waals surface area contributed by atoms with Crippen molar-refractivity contribution in [2.24, 2.45) is 5.73 Å². The zero-order valence-electron chi connectivity index (χ0n) is 10.5. The molecule has 0 aliphatic rings. The Kier molecular flexibility index (Phi) is 4.82. The Morgan fingerprint density at radius 2 is 1.68 bits per heavy atom. The lowest BCUT2D eigenvalue weighted by Crippen LogP contribution is -2.03. The molecule has 19 heavy (non-hydrogen) atoms. The van der Waals surface area contributed by atoms with E-state index in [4.69, 9.17) is 5.73 Å². The minimum absolute atomic E-state index is 0.158. The minimum Gasteiger partial charge on any atom is -0.326 e. The molecule has 0 amide bonds. The van der Waals surface area contributed by atoms with Crippen LogP contribution in [0.15, 0.2) is 48.5 Å². The predicted molar refractivity (Wildman–Crippen MR) is 76.3 cm³/mol. The van der Waals surface area contributed by atoms with Crippen molar-refractivity contribution in [2.75, 3.05) is 0 Å². The summed E-state index contributed by atoms with van der Waals surface area (Å²) < 4.78 is 25.4. The van der Waals surface area contributed by atoms with Crippen molar-refractivity contribution in [1.82, 2.24) is 0 Å². The van der Waals surface area contributed by atoms with Crippen molar-refractivity contribution in [1.29, 1.82) is 0 Å². The smallest absolute Gasteiger partial charge is 0.127 e. The van der Waals surface area contributed by atoms with E-state index < -0.39 is 10.8 Å². The van der Waals surface area contributed by atoms with Crippen LogP contribution in [-0.2, 0) is 28.9 Å². The normalized spacial score (nSPS) is 12.3. The highest BCUT2D eigenvalue weighted by atomic mass is 32.2. The van der Waals surface area contributed by atoms with Crippen molar-refractivity contribution < 1.29 is 8.60 Å². The number of nitrogens with two attached hydrogens (primary N) is 1. The van der Waals surface area contributed by atoms with Gasteiger partial charge in [-0.2, -0.15) is 0 Å². The Labute approximate surface area is 114 Å². The van der Waals surface area contributed by atoms with E-state index >= 15 is 0 Å². The molecule has 0 radical (unpaired) electrons. The van der Waals surface area contributed by atoms with Gasteiger partial charge in [0.1, 0.15) is 5.82 Å². The van der Waals surface area contributed by atoms with E-state index in [1.165, 1.54) is 6.07 Å². The molecule has 0 saturated carbocycles. The van der Waals surface area contributed by atoms with E-state index in [-0.39, 0.29) is 12.4 Å². The molecule has 0 fully saturated rings. The molecule has 0 aliphatic carbocycles. The minimum atomic E-state index is -1.00. The second kappa shape index (κ2) is 6.59. The summed E-state index contributed by atoms with van der Waals surface area (Å²) in [5.41, 5.74) is 7.83. The van der Waals surface area contributed by atoms with Crippen LogP contribution in [0.2, 0.25) is 0 Å². The molecule has 2 aromatic rings. The third kappa shape index (κ3) is 3.98. The standard InChI is InChI=1S/C15H16FNOS/c16-15-7-6-13(8-14(15)9-17)11-19(18)10-12-4-2-1-3-5-12/h1-8H,9-11,17H2. The summed E-state index contributed by atoms with van der Waals surface area (Å²) in [7, 11) is -1.00. The van der Waals surface area contributed by atoms with Crippen LogP contribution in [0.5, 0.6) is 0 Å². The maximum atomic E-state index is 13.3. The lowest BCUT2D eigenvalue weighted by Gasteiger charge is -2.06. The van der Waals surface area contributed by atoms with Gasteiger partial charge in [0, 0.05) is 34.4 Å². The predicted octanol–water partition coefficient (Wildman–Crippen LogP) is 2.73. The largest absolute Gasteiger partial charge is 0.326 e. The number of halogens is 1. The molecule has 0 saturated heterocycles. The van der Waals surface area contributed by atoms with Crippen LogP contribution in [0.1, 0.15) is 16.7 Å². The maximum Gasteiger partial charge on any atom is 0.127 e. The summed E-state index contributed by atoms with van der Waals surface area (Å²) in [4.78, 5) is 0. The molecule has 1 unspecified atom stereocenters. The summed E-state index contributed by atoms with van der Waals surface area (Å²) in [6.07, 6.45) is 0. The summed E-state index contributed by atoms with van der Waals surface area (Å²) in [6.45, 7) is 0.158. The van der Waals surface area contributed by atoms with E-state index in [0.717, 1.165) is 11.1 Å². The van der Waals surface area contributed by atoms with Crippen molar-refractivity contribution in [3.8, 4) is 0 Å². The Hall–Kier alpha value is -1.52. The molecule has 0 heterocycles. The first-order valence-electron chi connectivity index (χ1n) is 6.05. The number of hydrogen-bond donors (Lipinski definition) is 1. The van der Waals surface area contributed by atoms with Gasteiger partial charge in [-0.1, -0.05) is 42.5 Å². The average molecular weight is 277 g/mol. The second-order valence-electron chi connectivity index (χ2n) is 4.34. The molecule has 0 bridgehead atoms. The Morgan fingerprint density at radius 3 is 2.37 bits per heavy atom. The highest BCUT2D eigenvalue weighted by Gasteiger charge is 2.06. The quantitative estimate of drug-likeness (QED) is 0.913. The van der Waals surface area contributed by atoms with Gasteiger partial charge in [-0.15, -0.1) is 0 Å². The first-order chi connectivity index (χ1) is 9.19. The van der Waals surface area contributed by atoms with Crippen LogP contribution in [0.3, 0.4) is 0 Å². The molecule has 2 rings (SSSR count). The third-order valence-electron chi connectivity index (χ3n) is 2.83. The van der Waals surface area contributed by atoms with E-state index in [0.29, 0.717) is 17.1 Å². The molecule has 0 spiro atoms. The summed E-state index contributed by atoms with van der Waals surface area (Å²) in [5.74, 6) is 0.623. The topological polar surface area (TPSA) is 43.1 Å². The summed E-state index contributed by atoms with van der Waals surface area (Å²) in [5, 5.41) is 0. The monoisotopic (exact) mass is 277 g/mol. The molecule has 2 N–H and O–H groups in total. The summed E-state index contributed by atoms with van der Waals surface area (Å²) in [6, 6.07) is 14.4. The van der Waals surface area contributed by atoms with Crippen LogP contribution in [0.25, 0.3) is 0 Å². The van der Waals surface area contributed by atoms with Gasteiger partial charge in [0.15, 0.2) is 0 Å². The molecular formula is C15H16FNOS. The molecule has 0 aliphatic heterocycles. The molecule has 2 nitrogen and oxygen atoms in total. The second-order valence-corrected chi connectivity index (χ2v) is 5.80. The fraction of sp³-hybridized carbons (Fsp3) is 0.200. The zero-order chi connectivity index (χ0) is 13.7. The number of benzene rings is 2. The number of rotatable bonds is 5. The van der Waals surface area contributed by atoms with Crippen molar-refractivity contribution in [3.05, 3.63) is 71.0 Å². The Bertz CT molecular complexity index is 572. The van der Waals surface area contributed by atoms with Crippen LogP contribution in [0, 0.1) is 5.82 Å². The lowest BCUT2D eigenvalue weighted by molar-refractivity contribution is 0.610. The molecule has 2 aromatic carbocycles. The molecule has 4 heteroatoms. The van der Waals surface area contributed by atoms with E-state index in [1.54, 1.807) is 12.1 Å². The maximum absolute atomic E-state index is 13.3. The van der Waals surface area contributed by atoms with Crippen LogP contribution in [0.4, 0.5) is 4.39 Å². The van der Waals surface area contributed by atoms with E-state index in [2.05, 4.69) is 0 Å². The van der Waals surface area contributed by atoms with Gasteiger partial charge in [-0.3, -0.25) is 4.21 Å². The Balaban J connectivity index is 2.03. The highest BCUT2D eigenvalue weighted by molar-refractivity contribution is 7.83. The highest BCUT2D eigenvalue weighted by Crippen LogP contribution is 2.13. The SMILES string of the molecule is NCc1cc(CS(=O)Cc2ccccc2)ccc1F. The average Bonchev–Trinajstić information content (AvgIpc) is 2.42. The first-order valence-corrected chi connectivity index (χ1v) is 7.54. The molecule has 100 valence electrons. The van der Waals surface area contributed by atoms with Crippen LogP contribution < -0.4 is 5.73 Å². The van der Waals surface area contributed by atoms with Crippen molar-refractivity contribution in [2.45, 2.75) is 18.1 Å². The van der Waals surface area contributed by atoms with Crippen LogP contribution in [-0.4, -0.2) is 4.21 Å². The fourth-order valence-corrected chi connectivity index (χ4v) is 3.09. The third-order valence-corrected chi connectivity index (χ3v) is 4.14. The summed E-state index contributed by atoms with van der Waals surface area (Å²) >= 11 is 0. The van der Waals surface area contributed by atoms with Gasteiger partial charge in [0.05, 0.1) is 0 Å².